The van der Waals surface area contributed by atoms with E-state index in [4.69, 9.17) is 24.4 Å². The van der Waals surface area contributed by atoms with Gasteiger partial charge in [-0.1, -0.05) is 18.2 Å². The Bertz CT molecular complexity index is 1040. The van der Waals surface area contributed by atoms with Crippen LogP contribution in [0.3, 0.4) is 0 Å². The minimum atomic E-state index is -1.26. The van der Waals surface area contributed by atoms with Crippen molar-refractivity contribution in [2.75, 3.05) is 39.7 Å². The third-order valence-electron chi connectivity index (χ3n) is 4.58. The molecule has 0 saturated heterocycles. The largest absolute Gasteiger partial charge is 0.493 e. The first-order valence-corrected chi connectivity index (χ1v) is 12.5. The fourth-order valence-electron chi connectivity index (χ4n) is 2.83. The van der Waals surface area contributed by atoms with Gasteiger partial charge in [0.25, 0.3) is 0 Å². The zero-order valence-electron chi connectivity index (χ0n) is 20.7. The summed E-state index contributed by atoms with van der Waals surface area (Å²) in [7, 11) is 0.479. The third-order valence-corrected chi connectivity index (χ3v) is 5.64. The van der Waals surface area contributed by atoms with E-state index in [9.17, 15) is 18.9 Å². The molecule has 0 bridgehead atoms. The average molecular weight is 524 g/mol. The van der Waals surface area contributed by atoms with E-state index in [1.807, 2.05) is 44.2 Å². The Labute approximate surface area is 213 Å². The van der Waals surface area contributed by atoms with Gasteiger partial charge in [-0.3, -0.25) is 4.21 Å². The molecule has 0 spiro atoms. The van der Waals surface area contributed by atoms with Crippen LogP contribution in [0, 0.1) is 13.8 Å². The fourth-order valence-corrected chi connectivity index (χ4v) is 3.62. The number of para-hydroxylation sites is 1. The van der Waals surface area contributed by atoms with E-state index < -0.39 is 28.8 Å². The second kappa shape index (κ2) is 16.3. The smallest absolute Gasteiger partial charge is 0.328 e. The lowest BCUT2D eigenvalue weighted by Crippen LogP contribution is -2.33. The number of rotatable bonds is 13. The lowest BCUT2D eigenvalue weighted by atomic mass is 10.2. The molecule has 0 amide bonds. The molecule has 0 aliphatic heterocycles. The molecule has 0 aliphatic rings. The molecule has 0 aliphatic carbocycles. The molecule has 2 rings (SSSR count). The zero-order valence-corrected chi connectivity index (χ0v) is 21.5. The first-order chi connectivity index (χ1) is 17.0. The molecule has 2 aromatic rings. The number of methoxy groups -OCH3 is 1. The molecule has 198 valence electrons. The number of hydrogen-bond acceptors (Lipinski definition) is 8. The van der Waals surface area contributed by atoms with Gasteiger partial charge in [0.2, 0.25) is 0 Å². The molecule has 2 atom stereocenters. The predicted molar refractivity (Wildman–Crippen MR) is 136 cm³/mol. The number of aliphatic hydroxyl groups is 1. The van der Waals surface area contributed by atoms with Crippen LogP contribution in [0.5, 0.6) is 17.2 Å². The van der Waals surface area contributed by atoms with Crippen molar-refractivity contribution < 1.29 is 43.3 Å². The summed E-state index contributed by atoms with van der Waals surface area (Å²) >= 11 is 0. The standard InChI is InChI=1S/C21H29NO5S.C4H4O4/c1-15-7-5-6-8-18(15)27-14-17(23)13-22-9-10-26-20-11-16(2)21(28(4)24)12-19(20)25-3;5-3(6)1-2-4(7)8/h5-8,11-12,17,22-23H,9-10,13-14H2,1-4H3;1-2H,(H,5,6)(H,7,8). The Kier molecular flexibility index (Phi) is 13.9. The minimum Gasteiger partial charge on any atom is -0.493 e. The summed E-state index contributed by atoms with van der Waals surface area (Å²) in [6, 6.07) is 11.3. The molecule has 0 saturated carbocycles. The van der Waals surface area contributed by atoms with E-state index in [-0.39, 0.29) is 6.61 Å². The predicted octanol–water partition coefficient (Wildman–Crippen LogP) is 2.17. The normalized spacial score (nSPS) is 12.2. The van der Waals surface area contributed by atoms with Crippen molar-refractivity contribution in [1.82, 2.24) is 5.32 Å². The summed E-state index contributed by atoms with van der Waals surface area (Å²) in [6.45, 7) is 5.46. The van der Waals surface area contributed by atoms with Gasteiger partial charge < -0.3 is 34.8 Å². The van der Waals surface area contributed by atoms with Crippen LogP contribution in [0.4, 0.5) is 0 Å². The van der Waals surface area contributed by atoms with Gasteiger partial charge in [-0.05, 0) is 37.1 Å². The summed E-state index contributed by atoms with van der Waals surface area (Å²) in [5.74, 6) is -0.564. The minimum absolute atomic E-state index is 0.224. The van der Waals surface area contributed by atoms with Crippen molar-refractivity contribution in [3.63, 3.8) is 0 Å². The van der Waals surface area contributed by atoms with E-state index in [1.165, 1.54) is 0 Å². The lowest BCUT2D eigenvalue weighted by molar-refractivity contribution is -0.134. The van der Waals surface area contributed by atoms with Gasteiger partial charge in [0.15, 0.2) is 11.5 Å². The van der Waals surface area contributed by atoms with Crippen LogP contribution in [0.1, 0.15) is 11.1 Å². The van der Waals surface area contributed by atoms with E-state index in [2.05, 4.69) is 5.32 Å². The number of aryl methyl sites for hydroxylation is 2. The highest BCUT2D eigenvalue weighted by atomic mass is 32.2. The topological polar surface area (TPSA) is 152 Å². The van der Waals surface area contributed by atoms with E-state index in [0.717, 1.165) is 21.8 Å². The van der Waals surface area contributed by atoms with Crippen molar-refractivity contribution in [2.45, 2.75) is 24.8 Å². The van der Waals surface area contributed by atoms with E-state index in [0.29, 0.717) is 43.3 Å². The molecule has 4 N–H and O–H groups in total. The first-order valence-electron chi connectivity index (χ1n) is 10.9. The van der Waals surface area contributed by atoms with Crippen LogP contribution in [0.25, 0.3) is 0 Å². The Morgan fingerprint density at radius 3 is 2.19 bits per heavy atom. The highest BCUT2D eigenvalue weighted by molar-refractivity contribution is 7.84. The second-order valence-electron chi connectivity index (χ2n) is 7.52. The van der Waals surface area contributed by atoms with Gasteiger partial charge in [0.1, 0.15) is 25.1 Å². The number of nitrogens with one attached hydrogen (secondary N) is 1. The van der Waals surface area contributed by atoms with Crippen molar-refractivity contribution in [3.05, 3.63) is 59.7 Å². The van der Waals surface area contributed by atoms with Crippen LogP contribution in [-0.2, 0) is 20.4 Å². The Balaban J connectivity index is 0.000000697. The van der Waals surface area contributed by atoms with Gasteiger partial charge in [-0.25, -0.2) is 9.59 Å². The molecule has 2 unspecified atom stereocenters. The molecule has 36 heavy (non-hydrogen) atoms. The molecule has 0 heterocycles. The molecule has 0 aromatic heterocycles. The highest BCUT2D eigenvalue weighted by Crippen LogP contribution is 2.31. The first kappa shape index (κ1) is 30.6. The molecule has 0 radical (unpaired) electrons. The zero-order chi connectivity index (χ0) is 27.1. The molecule has 11 heteroatoms. The van der Waals surface area contributed by atoms with Crippen molar-refractivity contribution >= 4 is 22.7 Å². The maximum atomic E-state index is 11.7. The Hall–Kier alpha value is -3.41. The van der Waals surface area contributed by atoms with Crippen molar-refractivity contribution in [3.8, 4) is 17.2 Å². The summed E-state index contributed by atoms with van der Waals surface area (Å²) in [5, 5.41) is 28.8. The third kappa shape index (κ3) is 11.8. The quantitative estimate of drug-likeness (QED) is 0.227. The Morgan fingerprint density at radius 1 is 1.00 bits per heavy atom. The van der Waals surface area contributed by atoms with Gasteiger partial charge >= 0.3 is 11.9 Å². The van der Waals surface area contributed by atoms with E-state index in [1.54, 1.807) is 19.4 Å². The molecule has 2 aromatic carbocycles. The SMILES string of the molecule is COc1cc(S(C)=O)c(C)cc1OCCNCC(O)COc1ccccc1C.O=C(O)C=CC(=O)O. The molecule has 10 nitrogen and oxygen atoms in total. The summed E-state index contributed by atoms with van der Waals surface area (Å²) in [5.41, 5.74) is 1.94. The van der Waals surface area contributed by atoms with Gasteiger partial charge in [-0.15, -0.1) is 0 Å². The summed E-state index contributed by atoms with van der Waals surface area (Å²) in [4.78, 5) is 19.8. The lowest BCUT2D eigenvalue weighted by Gasteiger charge is -2.16. The van der Waals surface area contributed by atoms with Crippen molar-refractivity contribution in [1.29, 1.82) is 0 Å². The van der Waals surface area contributed by atoms with E-state index >= 15 is 0 Å². The summed E-state index contributed by atoms with van der Waals surface area (Å²) < 4.78 is 28.5. The number of carbonyl (C=O) groups is 2. The van der Waals surface area contributed by atoms with Gasteiger partial charge in [0.05, 0.1) is 17.9 Å². The fraction of sp³-hybridized carbons (Fsp3) is 0.360. The number of benzene rings is 2. The van der Waals surface area contributed by atoms with Crippen LogP contribution < -0.4 is 19.5 Å². The average Bonchev–Trinajstić information content (AvgIpc) is 2.82. The monoisotopic (exact) mass is 523 g/mol. The molecular formula is C25H33NO9S. The number of aliphatic hydroxyl groups excluding tert-OH is 1. The Morgan fingerprint density at radius 2 is 1.64 bits per heavy atom. The van der Waals surface area contributed by atoms with Crippen LogP contribution in [-0.4, -0.2) is 77.2 Å². The van der Waals surface area contributed by atoms with Crippen molar-refractivity contribution in [2.24, 2.45) is 0 Å². The number of aliphatic carboxylic acids is 2. The van der Waals surface area contributed by atoms with Gasteiger partial charge in [-0.2, -0.15) is 0 Å². The van der Waals surface area contributed by atoms with Crippen LogP contribution >= 0.6 is 0 Å². The van der Waals surface area contributed by atoms with Gasteiger partial charge in [0, 0.05) is 42.5 Å². The number of carboxylic acids is 2. The highest BCUT2D eigenvalue weighted by Gasteiger charge is 2.12. The maximum absolute atomic E-state index is 11.7. The molecular weight excluding hydrogens is 490 g/mol. The van der Waals surface area contributed by atoms with Crippen LogP contribution in [0.15, 0.2) is 53.4 Å². The van der Waals surface area contributed by atoms with Crippen LogP contribution in [0.2, 0.25) is 0 Å². The maximum Gasteiger partial charge on any atom is 0.328 e. The molecule has 0 fully saturated rings. The second-order valence-corrected chi connectivity index (χ2v) is 8.86. The number of ether oxygens (including phenoxy) is 3. The number of hydrogen-bond donors (Lipinski definition) is 4. The summed E-state index contributed by atoms with van der Waals surface area (Å²) in [6.07, 6.45) is 2.14. The number of carboxylic acid groups (broad SMARTS) is 2.